The van der Waals surface area contributed by atoms with Gasteiger partial charge in [0.1, 0.15) is 18.0 Å². The summed E-state index contributed by atoms with van der Waals surface area (Å²) in [5.41, 5.74) is -0.0704. The second-order valence-electron chi connectivity index (χ2n) is 4.80. The van der Waals surface area contributed by atoms with E-state index in [9.17, 15) is 10.1 Å². The zero-order valence-corrected chi connectivity index (χ0v) is 12.4. The Morgan fingerprint density at radius 2 is 2.24 bits per heavy atom. The predicted molar refractivity (Wildman–Crippen MR) is 76.9 cm³/mol. The van der Waals surface area contributed by atoms with E-state index in [-0.39, 0.29) is 29.7 Å². The molecular weight excluding hydrogens is 276 g/mol. The molecule has 1 aromatic rings. The highest BCUT2D eigenvalue weighted by atomic mass is 16.6. The molecule has 3 atom stereocenters. The number of methoxy groups -OCH3 is 1. The van der Waals surface area contributed by atoms with Gasteiger partial charge in [0.05, 0.1) is 12.0 Å². The van der Waals surface area contributed by atoms with E-state index < -0.39 is 4.92 Å². The second-order valence-corrected chi connectivity index (χ2v) is 4.80. The molecule has 116 valence electrons. The van der Waals surface area contributed by atoms with E-state index in [0.29, 0.717) is 12.4 Å². The molecule has 7 nitrogen and oxygen atoms in total. The van der Waals surface area contributed by atoms with Crippen LogP contribution >= 0.6 is 0 Å². The Labute approximate surface area is 123 Å². The van der Waals surface area contributed by atoms with Gasteiger partial charge in [-0.15, -0.1) is 0 Å². The third kappa shape index (κ3) is 3.25. The van der Waals surface area contributed by atoms with Gasteiger partial charge in [-0.3, -0.25) is 10.1 Å². The fourth-order valence-electron chi connectivity index (χ4n) is 2.42. The van der Waals surface area contributed by atoms with Gasteiger partial charge in [-0.2, -0.15) is 0 Å². The van der Waals surface area contributed by atoms with Gasteiger partial charge in [-0.25, -0.2) is 0 Å². The van der Waals surface area contributed by atoms with E-state index >= 15 is 0 Å². The summed E-state index contributed by atoms with van der Waals surface area (Å²) in [5, 5.41) is 14.2. The lowest BCUT2D eigenvalue weighted by Crippen LogP contribution is -2.60. The first-order valence-electron chi connectivity index (χ1n) is 6.88. The number of ether oxygens (including phenoxy) is 3. The molecule has 3 unspecified atom stereocenters. The molecule has 0 amide bonds. The summed E-state index contributed by atoms with van der Waals surface area (Å²) in [7, 11) is 3.37. The van der Waals surface area contributed by atoms with Gasteiger partial charge >= 0.3 is 5.69 Å². The molecule has 0 heterocycles. The largest absolute Gasteiger partial charge is 0.497 e. The highest BCUT2D eigenvalue weighted by Gasteiger charge is 2.43. The summed E-state index contributed by atoms with van der Waals surface area (Å²) in [6.07, 6.45) is 0.439. The molecule has 0 saturated heterocycles. The number of hydrogen-bond donors (Lipinski definition) is 1. The first kappa shape index (κ1) is 15.5. The van der Waals surface area contributed by atoms with Crippen LogP contribution in [-0.4, -0.2) is 43.9 Å². The molecule has 7 heteroatoms. The summed E-state index contributed by atoms with van der Waals surface area (Å²) >= 11 is 0. The number of nitrogens with one attached hydrogen (secondary N) is 1. The molecule has 0 bridgehead atoms. The highest BCUT2D eigenvalue weighted by molar-refractivity contribution is 5.50. The number of nitrogens with zero attached hydrogens (tertiary/aromatic N) is 1. The Hall–Kier alpha value is -1.86. The smallest absolute Gasteiger partial charge is 0.311 e. The van der Waals surface area contributed by atoms with Crippen molar-refractivity contribution in [1.29, 1.82) is 0 Å². The standard InChI is InChI=1S/C14H20N2O5/c1-4-20-14-10(15-2)8-13(14)21-12-7-9(19-3)5-6-11(12)16(17)18/h5-7,10,13-15H,4,8H2,1-3H3. The van der Waals surface area contributed by atoms with E-state index in [1.54, 1.807) is 6.07 Å². The van der Waals surface area contributed by atoms with Gasteiger partial charge in [-0.1, -0.05) is 0 Å². The number of nitro benzene ring substituents is 1. The summed E-state index contributed by atoms with van der Waals surface area (Å²) < 4.78 is 16.5. The molecule has 1 aliphatic carbocycles. The van der Waals surface area contributed by atoms with Crippen LogP contribution in [0.2, 0.25) is 0 Å². The number of nitro groups is 1. The molecule has 0 radical (unpaired) electrons. The van der Waals surface area contributed by atoms with Crippen molar-refractivity contribution in [2.75, 3.05) is 20.8 Å². The van der Waals surface area contributed by atoms with E-state index in [0.717, 1.165) is 6.42 Å². The Bertz CT molecular complexity index is 508. The van der Waals surface area contributed by atoms with Crippen LogP contribution in [0.25, 0.3) is 0 Å². The van der Waals surface area contributed by atoms with Crippen LogP contribution in [0.1, 0.15) is 13.3 Å². The van der Waals surface area contributed by atoms with Crippen molar-refractivity contribution in [1.82, 2.24) is 5.32 Å². The summed E-state index contributed by atoms with van der Waals surface area (Å²) in [4.78, 5) is 10.6. The molecule has 1 aliphatic rings. The Balaban J connectivity index is 2.16. The summed E-state index contributed by atoms with van der Waals surface area (Å²) in [6, 6.07) is 4.67. The van der Waals surface area contributed by atoms with Crippen LogP contribution in [0.15, 0.2) is 18.2 Å². The number of benzene rings is 1. The van der Waals surface area contributed by atoms with Gasteiger partial charge in [0, 0.05) is 31.2 Å². The van der Waals surface area contributed by atoms with Crippen LogP contribution in [0.4, 0.5) is 5.69 Å². The van der Waals surface area contributed by atoms with Gasteiger partial charge in [0.2, 0.25) is 5.75 Å². The molecule has 2 rings (SSSR count). The third-order valence-corrected chi connectivity index (χ3v) is 3.62. The first-order chi connectivity index (χ1) is 10.1. The maximum absolute atomic E-state index is 11.1. The minimum Gasteiger partial charge on any atom is -0.497 e. The molecule has 1 fully saturated rings. The van der Waals surface area contributed by atoms with Crippen molar-refractivity contribution in [3.05, 3.63) is 28.3 Å². The van der Waals surface area contributed by atoms with Crippen LogP contribution in [0.5, 0.6) is 11.5 Å². The molecular formula is C14H20N2O5. The second kappa shape index (κ2) is 6.73. The van der Waals surface area contributed by atoms with Crippen molar-refractivity contribution in [2.24, 2.45) is 0 Å². The number of hydrogen-bond acceptors (Lipinski definition) is 6. The zero-order chi connectivity index (χ0) is 15.4. The lowest BCUT2D eigenvalue weighted by molar-refractivity contribution is -0.386. The van der Waals surface area contributed by atoms with Crippen LogP contribution in [0.3, 0.4) is 0 Å². The predicted octanol–water partition coefficient (Wildman–Crippen LogP) is 1.75. The fraction of sp³-hybridized carbons (Fsp3) is 0.571. The Morgan fingerprint density at radius 3 is 2.81 bits per heavy atom. The normalized spacial score (nSPS) is 24.2. The van der Waals surface area contributed by atoms with Gasteiger partial charge in [0.15, 0.2) is 0 Å². The fourth-order valence-corrected chi connectivity index (χ4v) is 2.42. The van der Waals surface area contributed by atoms with E-state index in [1.807, 2.05) is 14.0 Å². The average Bonchev–Trinajstić information content (AvgIpc) is 2.48. The number of rotatable bonds is 7. The molecule has 21 heavy (non-hydrogen) atoms. The SMILES string of the molecule is CCOC1C(NC)CC1Oc1cc(OC)ccc1[N+](=O)[O-]. The van der Waals surface area contributed by atoms with Crippen molar-refractivity contribution in [2.45, 2.75) is 31.6 Å². The Morgan fingerprint density at radius 1 is 1.48 bits per heavy atom. The summed E-state index contributed by atoms with van der Waals surface area (Å²) in [5.74, 6) is 0.733. The van der Waals surface area contributed by atoms with Crippen LogP contribution in [-0.2, 0) is 4.74 Å². The van der Waals surface area contributed by atoms with Crippen molar-refractivity contribution in [3.63, 3.8) is 0 Å². The molecule has 1 saturated carbocycles. The lowest BCUT2D eigenvalue weighted by Gasteiger charge is -2.43. The van der Waals surface area contributed by atoms with Crippen LogP contribution < -0.4 is 14.8 Å². The lowest BCUT2D eigenvalue weighted by atomic mass is 9.85. The number of likely N-dealkylation sites (N-methyl/N-ethyl adjacent to an activating group) is 1. The molecule has 0 spiro atoms. The Kier molecular flexibility index (Phi) is 4.98. The van der Waals surface area contributed by atoms with Crippen molar-refractivity contribution in [3.8, 4) is 11.5 Å². The molecule has 1 aromatic carbocycles. The monoisotopic (exact) mass is 296 g/mol. The van der Waals surface area contributed by atoms with Crippen molar-refractivity contribution >= 4 is 5.69 Å². The maximum Gasteiger partial charge on any atom is 0.311 e. The van der Waals surface area contributed by atoms with E-state index in [2.05, 4.69) is 5.32 Å². The minimum absolute atomic E-state index is 0.0704. The van der Waals surface area contributed by atoms with Crippen molar-refractivity contribution < 1.29 is 19.1 Å². The quantitative estimate of drug-likeness (QED) is 0.609. The van der Waals surface area contributed by atoms with Gasteiger partial charge in [-0.05, 0) is 20.0 Å². The first-order valence-corrected chi connectivity index (χ1v) is 6.88. The van der Waals surface area contributed by atoms with Gasteiger partial charge < -0.3 is 19.5 Å². The highest BCUT2D eigenvalue weighted by Crippen LogP contribution is 2.36. The summed E-state index contributed by atoms with van der Waals surface area (Å²) in [6.45, 7) is 2.49. The third-order valence-electron chi connectivity index (χ3n) is 3.62. The molecule has 1 N–H and O–H groups in total. The molecule has 0 aliphatic heterocycles. The van der Waals surface area contributed by atoms with Gasteiger partial charge in [0.25, 0.3) is 0 Å². The topological polar surface area (TPSA) is 82.9 Å². The van der Waals surface area contributed by atoms with E-state index in [4.69, 9.17) is 14.2 Å². The van der Waals surface area contributed by atoms with Crippen LogP contribution in [0, 0.1) is 10.1 Å². The zero-order valence-electron chi connectivity index (χ0n) is 12.4. The maximum atomic E-state index is 11.1. The molecule has 0 aromatic heterocycles. The average molecular weight is 296 g/mol. The minimum atomic E-state index is -0.460. The van der Waals surface area contributed by atoms with E-state index in [1.165, 1.54) is 19.2 Å².